The summed E-state index contributed by atoms with van der Waals surface area (Å²) < 4.78 is 4.91. The molecule has 2 fully saturated rings. The Labute approximate surface area is 165 Å². The van der Waals surface area contributed by atoms with Crippen molar-refractivity contribution in [3.05, 3.63) is 18.2 Å². The van der Waals surface area contributed by atoms with Gasteiger partial charge >= 0.3 is 6.09 Å². The van der Waals surface area contributed by atoms with Crippen LogP contribution in [0.3, 0.4) is 0 Å². The fraction of sp³-hybridized carbons (Fsp3) is 0.562. The Morgan fingerprint density at radius 3 is 2.61 bits per heavy atom. The number of aromatic amines is 1. The molecule has 11 nitrogen and oxygen atoms in total. The summed E-state index contributed by atoms with van der Waals surface area (Å²) in [6, 6.07) is -3.01. The first-order valence-electron chi connectivity index (χ1n) is 8.76. The second kappa shape index (κ2) is 8.29. The normalized spacial score (nSPS) is 27.8. The molecule has 1 aromatic heterocycles. The molecule has 5 atom stereocenters. The van der Waals surface area contributed by atoms with E-state index in [1.807, 2.05) is 6.92 Å². The number of nitrogens with zero attached hydrogens (tertiary/aromatic N) is 2. The van der Waals surface area contributed by atoms with Crippen molar-refractivity contribution in [2.75, 3.05) is 5.88 Å². The Balaban J connectivity index is 1.85. The number of alkyl carbamates (subject to hydrolysis) is 1. The van der Waals surface area contributed by atoms with Gasteiger partial charge in [0.25, 0.3) is 17.7 Å². The quantitative estimate of drug-likeness (QED) is 0.433. The van der Waals surface area contributed by atoms with Gasteiger partial charge in [-0.15, -0.1) is 11.8 Å². The van der Waals surface area contributed by atoms with Crippen LogP contribution < -0.4 is 16.4 Å². The maximum Gasteiger partial charge on any atom is 0.408 e. The van der Waals surface area contributed by atoms with Gasteiger partial charge in [-0.3, -0.25) is 19.7 Å². The molecule has 3 rings (SSSR count). The molecule has 12 heteroatoms. The monoisotopic (exact) mass is 410 g/mol. The number of aromatic nitrogens is 2. The molecule has 28 heavy (non-hydrogen) atoms. The van der Waals surface area contributed by atoms with Gasteiger partial charge in [0.2, 0.25) is 0 Å². The number of nitrogens with one attached hydrogen (secondary N) is 3. The van der Waals surface area contributed by atoms with E-state index in [4.69, 9.17) is 10.5 Å². The van der Waals surface area contributed by atoms with Crippen LogP contribution in [0.1, 0.15) is 19.5 Å². The zero-order valence-electron chi connectivity index (χ0n) is 15.4. The summed E-state index contributed by atoms with van der Waals surface area (Å²) >= 11 is 1.50. The second-order valence-corrected chi connectivity index (χ2v) is 8.03. The van der Waals surface area contributed by atoms with Crippen molar-refractivity contribution in [2.45, 2.75) is 49.7 Å². The predicted octanol–water partition coefficient (Wildman–Crippen LogP) is -1.29. The lowest BCUT2D eigenvalue weighted by molar-refractivity contribution is -0.157. The molecule has 2 saturated heterocycles. The predicted molar refractivity (Wildman–Crippen MR) is 98.8 cm³/mol. The third kappa shape index (κ3) is 4.03. The first-order valence-corrected chi connectivity index (χ1v) is 9.81. The van der Waals surface area contributed by atoms with E-state index in [0.717, 1.165) is 0 Å². The Kier molecular flexibility index (Phi) is 6.01. The lowest BCUT2D eigenvalue weighted by Crippen LogP contribution is -2.60. The van der Waals surface area contributed by atoms with Gasteiger partial charge in [-0.05, 0) is 6.92 Å². The van der Waals surface area contributed by atoms with E-state index in [0.29, 0.717) is 16.5 Å². The average molecular weight is 410 g/mol. The molecule has 0 saturated carbocycles. The maximum absolute atomic E-state index is 13.1. The van der Waals surface area contributed by atoms with Crippen LogP contribution in [0.15, 0.2) is 12.5 Å². The summed E-state index contributed by atoms with van der Waals surface area (Å²) in [5, 5.41) is 5.19. The van der Waals surface area contributed by atoms with E-state index in [1.54, 1.807) is 0 Å². The number of cyclic esters (lactones) is 1. The molecule has 0 aromatic carbocycles. The van der Waals surface area contributed by atoms with Crippen LogP contribution >= 0.6 is 11.8 Å². The van der Waals surface area contributed by atoms with Crippen molar-refractivity contribution in [3.8, 4) is 0 Å². The minimum Gasteiger partial charge on any atom is -0.444 e. The largest absolute Gasteiger partial charge is 0.444 e. The molecule has 3 heterocycles. The summed E-state index contributed by atoms with van der Waals surface area (Å²) in [4.78, 5) is 57.8. The van der Waals surface area contributed by atoms with E-state index in [1.165, 1.54) is 31.2 Å². The molecule has 152 valence electrons. The third-order valence-corrected chi connectivity index (χ3v) is 5.79. The van der Waals surface area contributed by atoms with Crippen molar-refractivity contribution in [1.29, 1.82) is 0 Å². The van der Waals surface area contributed by atoms with Gasteiger partial charge in [-0.25, -0.2) is 14.7 Å². The van der Waals surface area contributed by atoms with Crippen LogP contribution in [0.25, 0.3) is 0 Å². The van der Waals surface area contributed by atoms with Crippen molar-refractivity contribution in [2.24, 2.45) is 5.73 Å². The van der Waals surface area contributed by atoms with Crippen molar-refractivity contribution in [3.63, 3.8) is 0 Å². The molecule has 2 aliphatic rings. The molecule has 0 bridgehead atoms. The minimum absolute atomic E-state index is 0.0708. The van der Waals surface area contributed by atoms with E-state index in [2.05, 4.69) is 20.6 Å². The summed E-state index contributed by atoms with van der Waals surface area (Å²) in [7, 11) is 0. The number of nitrogens with two attached hydrogens (primary N) is 1. The fourth-order valence-electron chi connectivity index (χ4n) is 3.09. The lowest BCUT2D eigenvalue weighted by Gasteiger charge is -2.28. The smallest absolute Gasteiger partial charge is 0.408 e. The minimum atomic E-state index is -1.15. The first-order chi connectivity index (χ1) is 13.3. The van der Waals surface area contributed by atoms with E-state index in [9.17, 15) is 19.2 Å². The van der Waals surface area contributed by atoms with Gasteiger partial charge in [-0.1, -0.05) is 6.92 Å². The number of carbonyl (C=O) groups is 4. The van der Waals surface area contributed by atoms with Crippen LogP contribution in [0, 0.1) is 0 Å². The summed E-state index contributed by atoms with van der Waals surface area (Å²) in [5.41, 5.74) is 6.58. The van der Waals surface area contributed by atoms with Gasteiger partial charge in [0.05, 0.1) is 12.4 Å². The number of thioether (sulfide) groups is 1. The van der Waals surface area contributed by atoms with Crippen LogP contribution in [0.4, 0.5) is 4.79 Å². The number of carbonyl (C=O) groups excluding carboxylic acids is 4. The van der Waals surface area contributed by atoms with Gasteiger partial charge in [0.1, 0.15) is 18.2 Å². The molecular weight excluding hydrogens is 388 g/mol. The van der Waals surface area contributed by atoms with Crippen molar-refractivity contribution in [1.82, 2.24) is 25.5 Å². The first kappa shape index (κ1) is 20.3. The Hall–Kier alpha value is -2.44. The summed E-state index contributed by atoms with van der Waals surface area (Å²) in [6.45, 7) is 3.33. The number of hydrogen-bond donors (Lipinski definition) is 4. The zero-order valence-corrected chi connectivity index (χ0v) is 16.2. The van der Waals surface area contributed by atoms with E-state index < -0.39 is 48.0 Å². The number of ether oxygens (including phenoxy) is 1. The highest BCUT2D eigenvalue weighted by atomic mass is 32.2. The summed E-state index contributed by atoms with van der Waals surface area (Å²) in [6.07, 6.45) is 1.41. The molecule has 0 spiro atoms. The van der Waals surface area contributed by atoms with Gasteiger partial charge in [0.15, 0.2) is 0 Å². The van der Waals surface area contributed by atoms with Gasteiger partial charge in [0, 0.05) is 29.4 Å². The molecule has 0 radical (unpaired) electrons. The fourth-order valence-corrected chi connectivity index (χ4v) is 4.03. The number of hydrogen-bond acceptors (Lipinski definition) is 9. The zero-order chi connectivity index (χ0) is 20.4. The second-order valence-electron chi connectivity index (χ2n) is 6.67. The van der Waals surface area contributed by atoms with Crippen molar-refractivity contribution < 1.29 is 23.9 Å². The molecule has 1 aromatic rings. The van der Waals surface area contributed by atoms with Crippen LogP contribution in [-0.4, -0.2) is 74.0 Å². The van der Waals surface area contributed by atoms with Crippen molar-refractivity contribution >= 4 is 35.6 Å². The SMILES string of the molecule is CC1OC(=O)NC1C(=O)N(C(=O)[C@H]1NCS[C@@H]1C)C(=O)[C@@H](N)Cc1cnc[nH]1. The highest BCUT2D eigenvalue weighted by Gasteiger charge is 2.46. The third-order valence-electron chi connectivity index (χ3n) is 4.66. The van der Waals surface area contributed by atoms with E-state index in [-0.39, 0.29) is 11.7 Å². The Bertz CT molecular complexity index is 772. The van der Waals surface area contributed by atoms with Gasteiger partial charge in [-0.2, -0.15) is 0 Å². The number of rotatable bonds is 5. The topological polar surface area (TPSA) is 160 Å². The molecule has 5 N–H and O–H groups in total. The summed E-state index contributed by atoms with van der Waals surface area (Å²) in [5.74, 6) is -1.88. The van der Waals surface area contributed by atoms with Gasteiger partial charge < -0.3 is 20.8 Å². The Morgan fingerprint density at radius 2 is 2.07 bits per heavy atom. The standard InChI is InChI=1S/C16H22N6O5S/c1-7-11(21-16(26)27-7)14(24)22(15(25)12-8(2)28-6-20-12)13(23)10(17)3-9-4-18-5-19-9/h4-5,7-8,10-12,20H,3,6,17H2,1-2H3,(H,18,19)(H,21,26)/t7?,8-,10+,11?,12+/m1/s1. The number of H-pyrrole nitrogens is 1. The van der Waals surface area contributed by atoms with Crippen LogP contribution in [0.5, 0.6) is 0 Å². The molecule has 2 aliphatic heterocycles. The van der Waals surface area contributed by atoms with Crippen LogP contribution in [-0.2, 0) is 25.5 Å². The molecule has 2 unspecified atom stereocenters. The molecular formula is C16H22N6O5S. The highest BCUT2D eigenvalue weighted by molar-refractivity contribution is 8.00. The average Bonchev–Trinajstić information content (AvgIpc) is 3.36. The molecule has 0 aliphatic carbocycles. The number of imidazole rings is 1. The lowest BCUT2D eigenvalue weighted by atomic mass is 10.1. The number of imide groups is 3. The highest BCUT2D eigenvalue weighted by Crippen LogP contribution is 2.23. The Morgan fingerprint density at radius 1 is 1.36 bits per heavy atom. The number of amides is 4. The maximum atomic E-state index is 13.1. The van der Waals surface area contributed by atoms with E-state index >= 15 is 0 Å². The van der Waals surface area contributed by atoms with Crippen LogP contribution in [0.2, 0.25) is 0 Å². The molecule has 4 amide bonds.